The van der Waals surface area contributed by atoms with E-state index in [-0.39, 0.29) is 12.4 Å². The molecule has 4 nitrogen and oxygen atoms in total. The first-order valence-corrected chi connectivity index (χ1v) is 5.16. The molecule has 0 aromatic heterocycles. The van der Waals surface area contributed by atoms with Gasteiger partial charge in [-0.15, -0.1) is 0 Å². The third-order valence-electron chi connectivity index (χ3n) is 2.11. The molecule has 1 heterocycles. The van der Waals surface area contributed by atoms with Crippen LogP contribution in [0, 0.1) is 0 Å². The highest BCUT2D eigenvalue weighted by atomic mass is 16.7. The predicted octanol–water partition coefficient (Wildman–Crippen LogP) is 1.19. The van der Waals surface area contributed by atoms with Gasteiger partial charge in [0.25, 0.3) is 0 Å². The zero-order valence-electron chi connectivity index (χ0n) is 9.03. The molecule has 0 saturated carbocycles. The molecule has 84 valence electrons. The summed E-state index contributed by atoms with van der Waals surface area (Å²) in [6.45, 7) is 4.89. The van der Waals surface area contributed by atoms with Crippen LogP contribution >= 0.6 is 0 Å². The average Bonchev–Trinajstić information content (AvgIpc) is 2.20. The molecular weight excluding hydrogens is 184 g/mol. The van der Waals surface area contributed by atoms with Gasteiger partial charge in [0.2, 0.25) is 0 Å². The molecule has 0 aromatic carbocycles. The Morgan fingerprint density at radius 1 is 1.29 bits per heavy atom. The average molecular weight is 204 g/mol. The van der Waals surface area contributed by atoms with Crippen molar-refractivity contribution < 1.29 is 18.9 Å². The lowest BCUT2D eigenvalue weighted by molar-refractivity contribution is -0.193. The van der Waals surface area contributed by atoms with Gasteiger partial charge in [0, 0.05) is 13.5 Å². The third kappa shape index (κ3) is 4.91. The highest BCUT2D eigenvalue weighted by Gasteiger charge is 2.17. The van der Waals surface area contributed by atoms with E-state index in [9.17, 15) is 0 Å². The zero-order chi connectivity index (χ0) is 10.2. The third-order valence-corrected chi connectivity index (χ3v) is 2.11. The van der Waals surface area contributed by atoms with Crippen LogP contribution in [0.5, 0.6) is 0 Å². The van der Waals surface area contributed by atoms with Crippen molar-refractivity contribution in [2.24, 2.45) is 0 Å². The number of hydrogen-bond donors (Lipinski definition) is 0. The standard InChI is InChI=1S/C10H20O4/c1-9(12-7-6-11-2)8-10-13-4-3-5-14-10/h9-10H,3-8H2,1-2H3. The van der Waals surface area contributed by atoms with Crippen molar-refractivity contribution in [2.45, 2.75) is 32.2 Å². The Morgan fingerprint density at radius 3 is 2.64 bits per heavy atom. The highest BCUT2D eigenvalue weighted by Crippen LogP contribution is 2.12. The molecule has 1 aliphatic rings. The van der Waals surface area contributed by atoms with Crippen molar-refractivity contribution in [3.05, 3.63) is 0 Å². The molecular formula is C10H20O4. The van der Waals surface area contributed by atoms with E-state index in [1.807, 2.05) is 6.92 Å². The van der Waals surface area contributed by atoms with Crippen LogP contribution in [0.3, 0.4) is 0 Å². The van der Waals surface area contributed by atoms with Gasteiger partial charge < -0.3 is 18.9 Å². The van der Waals surface area contributed by atoms with Crippen LogP contribution in [-0.4, -0.2) is 45.9 Å². The van der Waals surface area contributed by atoms with Crippen LogP contribution in [0.1, 0.15) is 19.8 Å². The fraction of sp³-hybridized carbons (Fsp3) is 1.00. The molecule has 0 spiro atoms. The van der Waals surface area contributed by atoms with E-state index < -0.39 is 0 Å². The summed E-state index contributed by atoms with van der Waals surface area (Å²) in [7, 11) is 1.67. The van der Waals surface area contributed by atoms with E-state index in [4.69, 9.17) is 18.9 Å². The summed E-state index contributed by atoms with van der Waals surface area (Å²) in [5, 5.41) is 0. The van der Waals surface area contributed by atoms with Crippen LogP contribution in [0.2, 0.25) is 0 Å². The van der Waals surface area contributed by atoms with E-state index in [0.717, 1.165) is 26.1 Å². The molecule has 14 heavy (non-hydrogen) atoms. The molecule has 1 atom stereocenters. The van der Waals surface area contributed by atoms with Crippen molar-refractivity contribution in [2.75, 3.05) is 33.5 Å². The van der Waals surface area contributed by atoms with Gasteiger partial charge >= 0.3 is 0 Å². The Kier molecular flexibility index (Phi) is 6.10. The monoisotopic (exact) mass is 204 g/mol. The van der Waals surface area contributed by atoms with Gasteiger partial charge in [0.05, 0.1) is 32.5 Å². The quantitative estimate of drug-likeness (QED) is 0.609. The molecule has 0 N–H and O–H groups in total. The van der Waals surface area contributed by atoms with Crippen LogP contribution in [-0.2, 0) is 18.9 Å². The maximum Gasteiger partial charge on any atom is 0.160 e. The molecule has 4 heteroatoms. The van der Waals surface area contributed by atoms with Gasteiger partial charge in [-0.05, 0) is 13.3 Å². The highest BCUT2D eigenvalue weighted by molar-refractivity contribution is 4.58. The van der Waals surface area contributed by atoms with Gasteiger partial charge in [0.15, 0.2) is 6.29 Å². The minimum Gasteiger partial charge on any atom is -0.382 e. The fourth-order valence-corrected chi connectivity index (χ4v) is 1.34. The lowest BCUT2D eigenvalue weighted by Gasteiger charge is -2.25. The smallest absolute Gasteiger partial charge is 0.160 e. The van der Waals surface area contributed by atoms with E-state index in [0.29, 0.717) is 13.2 Å². The summed E-state index contributed by atoms with van der Waals surface area (Å²) >= 11 is 0. The second-order valence-corrected chi connectivity index (χ2v) is 3.43. The minimum absolute atomic E-state index is 0.0821. The van der Waals surface area contributed by atoms with Gasteiger partial charge in [0.1, 0.15) is 0 Å². The number of rotatable bonds is 6. The molecule has 1 rings (SSSR count). The molecule has 0 radical (unpaired) electrons. The summed E-state index contributed by atoms with van der Waals surface area (Å²) in [6, 6.07) is 0. The molecule has 0 bridgehead atoms. The Balaban J connectivity index is 2.03. The lowest BCUT2D eigenvalue weighted by Crippen LogP contribution is -2.29. The molecule has 0 aromatic rings. The largest absolute Gasteiger partial charge is 0.382 e. The van der Waals surface area contributed by atoms with Crippen molar-refractivity contribution in [1.82, 2.24) is 0 Å². The molecule has 0 aliphatic carbocycles. The van der Waals surface area contributed by atoms with Crippen molar-refractivity contribution in [3.8, 4) is 0 Å². The normalized spacial score (nSPS) is 21.0. The predicted molar refractivity (Wildman–Crippen MR) is 52.2 cm³/mol. The maximum absolute atomic E-state index is 5.50. The van der Waals surface area contributed by atoms with Gasteiger partial charge in [-0.2, -0.15) is 0 Å². The summed E-state index contributed by atoms with van der Waals surface area (Å²) in [6.07, 6.45) is 1.87. The summed E-state index contributed by atoms with van der Waals surface area (Å²) in [5.41, 5.74) is 0. The zero-order valence-corrected chi connectivity index (χ0v) is 9.03. The molecule has 0 amide bonds. The second-order valence-electron chi connectivity index (χ2n) is 3.43. The van der Waals surface area contributed by atoms with Crippen LogP contribution in [0.25, 0.3) is 0 Å². The Labute approximate surface area is 85.5 Å². The van der Waals surface area contributed by atoms with Crippen molar-refractivity contribution in [3.63, 3.8) is 0 Å². The minimum atomic E-state index is -0.0821. The topological polar surface area (TPSA) is 36.9 Å². The van der Waals surface area contributed by atoms with E-state index >= 15 is 0 Å². The van der Waals surface area contributed by atoms with Crippen LogP contribution in [0.15, 0.2) is 0 Å². The lowest BCUT2D eigenvalue weighted by atomic mass is 10.2. The van der Waals surface area contributed by atoms with Crippen molar-refractivity contribution in [1.29, 1.82) is 0 Å². The fourth-order valence-electron chi connectivity index (χ4n) is 1.34. The van der Waals surface area contributed by atoms with Crippen LogP contribution < -0.4 is 0 Å². The maximum atomic E-state index is 5.50. The first-order chi connectivity index (χ1) is 6.83. The second kappa shape index (κ2) is 7.17. The number of ether oxygens (including phenoxy) is 4. The van der Waals surface area contributed by atoms with E-state index in [2.05, 4.69) is 0 Å². The van der Waals surface area contributed by atoms with Gasteiger partial charge in [-0.1, -0.05) is 0 Å². The summed E-state index contributed by atoms with van der Waals surface area (Å²) in [5.74, 6) is 0. The molecule has 1 fully saturated rings. The van der Waals surface area contributed by atoms with Gasteiger partial charge in [-0.3, -0.25) is 0 Å². The van der Waals surface area contributed by atoms with E-state index in [1.165, 1.54) is 0 Å². The summed E-state index contributed by atoms with van der Waals surface area (Å²) < 4.78 is 21.2. The Hall–Kier alpha value is -0.160. The first-order valence-electron chi connectivity index (χ1n) is 5.16. The van der Waals surface area contributed by atoms with Crippen LogP contribution in [0.4, 0.5) is 0 Å². The Bertz CT molecular complexity index is 134. The molecule has 1 aliphatic heterocycles. The molecule has 1 saturated heterocycles. The van der Waals surface area contributed by atoms with E-state index in [1.54, 1.807) is 7.11 Å². The summed E-state index contributed by atoms with van der Waals surface area (Å²) in [4.78, 5) is 0. The molecule has 1 unspecified atom stereocenters. The van der Waals surface area contributed by atoms with Crippen molar-refractivity contribution >= 4 is 0 Å². The number of methoxy groups -OCH3 is 1. The SMILES string of the molecule is COCCOC(C)CC1OCCCO1. The van der Waals surface area contributed by atoms with Gasteiger partial charge in [-0.25, -0.2) is 0 Å². The first kappa shape index (κ1) is 11.9. The number of hydrogen-bond acceptors (Lipinski definition) is 4. The Morgan fingerprint density at radius 2 is 2.00 bits per heavy atom.